The summed E-state index contributed by atoms with van der Waals surface area (Å²) in [6.07, 6.45) is 3.39. The second-order valence-electron chi connectivity index (χ2n) is 3.07. The van der Waals surface area contributed by atoms with Crippen LogP contribution in [-0.2, 0) is 4.74 Å². The fourth-order valence-electron chi connectivity index (χ4n) is 1.93. The van der Waals surface area contributed by atoms with Crippen molar-refractivity contribution in [2.45, 2.75) is 25.9 Å². The summed E-state index contributed by atoms with van der Waals surface area (Å²) in [5.41, 5.74) is 0. The molecule has 2 bridgehead atoms. The zero-order chi connectivity index (χ0) is 5.56. The van der Waals surface area contributed by atoms with Crippen LogP contribution >= 0.6 is 0 Å². The summed E-state index contributed by atoms with van der Waals surface area (Å²) in [7, 11) is 0. The predicted octanol–water partition coefficient (Wildman–Crippen LogP) is 1.43. The second-order valence-corrected chi connectivity index (χ2v) is 3.07. The highest BCUT2D eigenvalue weighted by Gasteiger charge is 2.39. The van der Waals surface area contributed by atoms with Crippen molar-refractivity contribution in [2.75, 3.05) is 6.61 Å². The van der Waals surface area contributed by atoms with E-state index in [0.29, 0.717) is 6.10 Å². The average molecular weight is 112 g/mol. The van der Waals surface area contributed by atoms with Crippen molar-refractivity contribution in [1.82, 2.24) is 0 Å². The van der Waals surface area contributed by atoms with E-state index in [-0.39, 0.29) is 0 Å². The minimum atomic E-state index is 0.639. The monoisotopic (exact) mass is 112 g/mol. The number of hydrogen-bond donors (Lipinski definition) is 0. The minimum absolute atomic E-state index is 0.639. The van der Waals surface area contributed by atoms with Crippen LogP contribution in [0, 0.1) is 11.8 Å². The van der Waals surface area contributed by atoms with E-state index >= 15 is 0 Å². The lowest BCUT2D eigenvalue weighted by Gasteiger charge is -2.07. The Kier molecular flexibility index (Phi) is 0.884. The van der Waals surface area contributed by atoms with Crippen LogP contribution in [0.25, 0.3) is 0 Å². The Morgan fingerprint density at radius 3 is 2.38 bits per heavy atom. The van der Waals surface area contributed by atoms with Gasteiger partial charge in [0.15, 0.2) is 0 Å². The van der Waals surface area contributed by atoms with E-state index in [2.05, 4.69) is 6.92 Å². The SMILES string of the molecule is CC1C2CCC1OC2. The molecule has 3 atom stereocenters. The number of ether oxygens (including phenoxy) is 1. The van der Waals surface area contributed by atoms with Crippen molar-refractivity contribution < 1.29 is 4.74 Å². The van der Waals surface area contributed by atoms with Gasteiger partial charge in [0.05, 0.1) is 12.7 Å². The molecule has 3 unspecified atom stereocenters. The molecule has 1 saturated heterocycles. The largest absolute Gasteiger partial charge is 0.378 e. The summed E-state index contributed by atoms with van der Waals surface area (Å²) in [4.78, 5) is 0. The van der Waals surface area contributed by atoms with Gasteiger partial charge in [-0.1, -0.05) is 6.92 Å². The smallest absolute Gasteiger partial charge is 0.0604 e. The first-order valence-corrected chi connectivity index (χ1v) is 3.49. The maximum Gasteiger partial charge on any atom is 0.0604 e. The van der Waals surface area contributed by atoms with Gasteiger partial charge in [-0.15, -0.1) is 0 Å². The molecule has 2 aliphatic rings. The van der Waals surface area contributed by atoms with E-state index in [9.17, 15) is 0 Å². The van der Waals surface area contributed by atoms with E-state index < -0.39 is 0 Å². The fourth-order valence-corrected chi connectivity index (χ4v) is 1.93. The molecular weight excluding hydrogens is 100 g/mol. The first-order chi connectivity index (χ1) is 3.88. The summed E-state index contributed by atoms with van der Waals surface area (Å²) in [5, 5.41) is 0. The Morgan fingerprint density at radius 1 is 1.38 bits per heavy atom. The lowest BCUT2D eigenvalue weighted by atomic mass is 10.0. The first kappa shape index (κ1) is 4.80. The molecule has 0 aromatic rings. The van der Waals surface area contributed by atoms with Crippen molar-refractivity contribution in [3.8, 4) is 0 Å². The van der Waals surface area contributed by atoms with E-state index in [0.717, 1.165) is 18.4 Å². The van der Waals surface area contributed by atoms with Gasteiger partial charge >= 0.3 is 0 Å². The maximum absolute atomic E-state index is 5.46. The van der Waals surface area contributed by atoms with Gasteiger partial charge in [-0.25, -0.2) is 0 Å². The Bertz CT molecular complexity index is 80.6. The maximum atomic E-state index is 5.46. The second kappa shape index (κ2) is 1.47. The van der Waals surface area contributed by atoms with E-state index in [4.69, 9.17) is 4.74 Å². The van der Waals surface area contributed by atoms with Crippen LogP contribution in [0.1, 0.15) is 19.8 Å². The van der Waals surface area contributed by atoms with Gasteiger partial charge in [0.1, 0.15) is 0 Å². The van der Waals surface area contributed by atoms with Gasteiger partial charge in [0.2, 0.25) is 0 Å². The molecule has 0 aromatic carbocycles. The predicted molar refractivity (Wildman–Crippen MR) is 31.6 cm³/mol. The lowest BCUT2D eigenvalue weighted by molar-refractivity contribution is 0.0710. The van der Waals surface area contributed by atoms with Gasteiger partial charge in [0.25, 0.3) is 0 Å². The summed E-state index contributed by atoms with van der Waals surface area (Å²) < 4.78 is 5.46. The van der Waals surface area contributed by atoms with Crippen LogP contribution < -0.4 is 0 Å². The number of rotatable bonds is 0. The zero-order valence-corrected chi connectivity index (χ0v) is 5.26. The van der Waals surface area contributed by atoms with E-state index in [1.165, 1.54) is 12.8 Å². The van der Waals surface area contributed by atoms with Gasteiger partial charge < -0.3 is 4.74 Å². The molecule has 1 heteroatoms. The highest BCUT2D eigenvalue weighted by Crippen LogP contribution is 2.39. The van der Waals surface area contributed by atoms with Crippen molar-refractivity contribution >= 4 is 0 Å². The van der Waals surface area contributed by atoms with Crippen molar-refractivity contribution in [3.63, 3.8) is 0 Å². The van der Waals surface area contributed by atoms with Crippen molar-refractivity contribution in [2.24, 2.45) is 11.8 Å². The Hall–Kier alpha value is -0.0400. The molecule has 0 amide bonds. The topological polar surface area (TPSA) is 9.23 Å². The normalized spacial score (nSPS) is 52.9. The summed E-state index contributed by atoms with van der Waals surface area (Å²) in [5.74, 6) is 1.79. The summed E-state index contributed by atoms with van der Waals surface area (Å²) in [6, 6.07) is 0. The fraction of sp³-hybridized carbons (Fsp3) is 1.00. The molecule has 1 saturated carbocycles. The quantitative estimate of drug-likeness (QED) is 0.460. The third-order valence-corrected chi connectivity index (χ3v) is 2.68. The molecule has 2 rings (SSSR count). The minimum Gasteiger partial charge on any atom is -0.378 e. The van der Waals surface area contributed by atoms with E-state index in [1.807, 2.05) is 0 Å². The van der Waals surface area contributed by atoms with E-state index in [1.54, 1.807) is 0 Å². The summed E-state index contributed by atoms with van der Waals surface area (Å²) in [6.45, 7) is 3.36. The van der Waals surface area contributed by atoms with Crippen LogP contribution in [0.2, 0.25) is 0 Å². The highest BCUT2D eigenvalue weighted by molar-refractivity contribution is 4.87. The molecule has 8 heavy (non-hydrogen) atoms. The highest BCUT2D eigenvalue weighted by atomic mass is 16.5. The lowest BCUT2D eigenvalue weighted by Crippen LogP contribution is -2.07. The number of hydrogen-bond acceptors (Lipinski definition) is 1. The van der Waals surface area contributed by atoms with Gasteiger partial charge in [-0.2, -0.15) is 0 Å². The Morgan fingerprint density at radius 2 is 2.25 bits per heavy atom. The molecule has 2 fully saturated rings. The molecule has 46 valence electrons. The molecule has 1 aliphatic carbocycles. The average Bonchev–Trinajstić information content (AvgIpc) is 2.29. The standard InChI is InChI=1S/C7H12O/c1-5-6-2-3-7(5)8-4-6/h5-7H,2-4H2,1H3. The van der Waals surface area contributed by atoms with Gasteiger partial charge in [-0.3, -0.25) is 0 Å². The zero-order valence-electron chi connectivity index (χ0n) is 5.26. The van der Waals surface area contributed by atoms with Crippen LogP contribution in [-0.4, -0.2) is 12.7 Å². The van der Waals surface area contributed by atoms with Crippen molar-refractivity contribution in [3.05, 3.63) is 0 Å². The molecular formula is C7H12O. The Labute approximate surface area is 50.0 Å². The molecule has 0 radical (unpaired) electrons. The molecule has 1 nitrogen and oxygen atoms in total. The Balaban J connectivity index is 2.16. The van der Waals surface area contributed by atoms with Gasteiger partial charge in [0, 0.05) is 0 Å². The van der Waals surface area contributed by atoms with Crippen LogP contribution in [0.15, 0.2) is 0 Å². The van der Waals surface area contributed by atoms with Gasteiger partial charge in [-0.05, 0) is 24.7 Å². The molecule has 0 aromatic heterocycles. The number of fused-ring (bicyclic) bond motifs is 2. The van der Waals surface area contributed by atoms with Crippen LogP contribution in [0.3, 0.4) is 0 Å². The first-order valence-electron chi connectivity index (χ1n) is 3.49. The van der Waals surface area contributed by atoms with Crippen molar-refractivity contribution in [1.29, 1.82) is 0 Å². The molecule has 0 N–H and O–H groups in total. The summed E-state index contributed by atoms with van der Waals surface area (Å²) >= 11 is 0. The third kappa shape index (κ3) is 0.455. The van der Waals surface area contributed by atoms with Crippen LogP contribution in [0.5, 0.6) is 0 Å². The van der Waals surface area contributed by atoms with Crippen LogP contribution in [0.4, 0.5) is 0 Å². The third-order valence-electron chi connectivity index (χ3n) is 2.68. The molecule has 1 aliphatic heterocycles. The molecule has 1 heterocycles. The molecule has 0 spiro atoms.